The molecule has 1 saturated heterocycles. The first-order chi connectivity index (χ1) is 15.5. The zero-order chi connectivity index (χ0) is 24.7. The molecular formula is C21H25NO11. The van der Waals surface area contributed by atoms with Crippen LogP contribution in [0.3, 0.4) is 0 Å². The molecule has 5 atom stereocenters. The van der Waals surface area contributed by atoms with Gasteiger partial charge in [0.15, 0.2) is 12.2 Å². The van der Waals surface area contributed by atoms with E-state index in [1.165, 1.54) is 25.1 Å². The predicted molar refractivity (Wildman–Crippen MR) is 108 cm³/mol. The van der Waals surface area contributed by atoms with E-state index in [-0.39, 0.29) is 11.3 Å². The average molecular weight is 467 g/mol. The first kappa shape index (κ1) is 25.6. The van der Waals surface area contributed by atoms with Crippen LogP contribution in [0, 0.1) is 0 Å². The van der Waals surface area contributed by atoms with Gasteiger partial charge in [-0.05, 0) is 18.2 Å². The minimum atomic E-state index is -1.54. The van der Waals surface area contributed by atoms with Gasteiger partial charge in [-0.3, -0.25) is 19.2 Å². The summed E-state index contributed by atoms with van der Waals surface area (Å²) in [7, 11) is 0. The molecule has 0 radical (unpaired) electrons. The van der Waals surface area contributed by atoms with Crippen LogP contribution >= 0.6 is 0 Å². The van der Waals surface area contributed by atoms with E-state index in [9.17, 15) is 29.1 Å². The predicted octanol–water partition coefficient (Wildman–Crippen LogP) is 0.205. The standard InChI is InChI=1S/C21H25NO11/c1-10(23)22-17-19(31-13(4)26)18(30-12(3)25)16(9-29-11(2)24)32-21(17)33-20(28)14-6-5-7-15(27)8-14/h5-8,16-19,21,27H,9H2,1-4H3,(H,22,23)/t16-,17+,18-,19+,21+/m1/s1. The lowest BCUT2D eigenvalue weighted by Crippen LogP contribution is -2.66. The molecule has 33 heavy (non-hydrogen) atoms. The van der Waals surface area contributed by atoms with Crippen LogP contribution in [0.15, 0.2) is 24.3 Å². The van der Waals surface area contributed by atoms with Crippen LogP contribution in [0.25, 0.3) is 0 Å². The van der Waals surface area contributed by atoms with E-state index in [0.29, 0.717) is 0 Å². The highest BCUT2D eigenvalue weighted by atomic mass is 16.7. The number of benzene rings is 1. The normalized spacial score (nSPS) is 24.2. The number of phenols is 1. The molecule has 1 aromatic rings. The lowest BCUT2D eigenvalue weighted by Gasteiger charge is -2.44. The summed E-state index contributed by atoms with van der Waals surface area (Å²) in [5.74, 6) is -3.90. The highest BCUT2D eigenvalue weighted by Crippen LogP contribution is 2.28. The maximum Gasteiger partial charge on any atom is 0.340 e. The van der Waals surface area contributed by atoms with E-state index < -0.39 is 67.0 Å². The maximum absolute atomic E-state index is 12.7. The summed E-state index contributed by atoms with van der Waals surface area (Å²) in [6.45, 7) is 4.09. The summed E-state index contributed by atoms with van der Waals surface area (Å²) >= 11 is 0. The van der Waals surface area contributed by atoms with Gasteiger partial charge in [-0.2, -0.15) is 0 Å². The molecule has 180 valence electrons. The van der Waals surface area contributed by atoms with E-state index in [1.807, 2.05) is 0 Å². The Morgan fingerprint density at radius 2 is 1.58 bits per heavy atom. The molecule has 1 fully saturated rings. The Labute approximate surface area is 189 Å². The van der Waals surface area contributed by atoms with Gasteiger partial charge in [-0.25, -0.2) is 4.79 Å². The van der Waals surface area contributed by atoms with Gasteiger partial charge in [0.05, 0.1) is 5.56 Å². The second kappa shape index (κ2) is 11.3. The molecule has 2 rings (SSSR count). The summed E-state index contributed by atoms with van der Waals surface area (Å²) < 4.78 is 26.6. The number of hydrogen-bond donors (Lipinski definition) is 2. The SMILES string of the molecule is CC(=O)N[C@@H]1[C@H](OC(=O)c2cccc(O)c2)O[C@H](COC(C)=O)[C@@H](OC(C)=O)[C@H]1OC(C)=O. The van der Waals surface area contributed by atoms with Crippen LogP contribution in [0.1, 0.15) is 38.1 Å². The Bertz CT molecular complexity index is 915. The number of carbonyl (C=O) groups is 5. The van der Waals surface area contributed by atoms with Gasteiger partial charge in [0.1, 0.15) is 24.5 Å². The number of esters is 4. The van der Waals surface area contributed by atoms with Crippen LogP contribution in [0.5, 0.6) is 5.75 Å². The van der Waals surface area contributed by atoms with Crippen molar-refractivity contribution < 1.29 is 52.8 Å². The molecule has 1 aliphatic heterocycles. The number of phenolic OH excluding ortho intramolecular Hbond substituents is 1. The lowest BCUT2D eigenvalue weighted by atomic mass is 9.96. The van der Waals surface area contributed by atoms with E-state index in [4.69, 9.17) is 23.7 Å². The molecule has 0 saturated carbocycles. The fourth-order valence-corrected chi connectivity index (χ4v) is 3.20. The molecule has 2 N–H and O–H groups in total. The Morgan fingerprint density at radius 3 is 2.12 bits per heavy atom. The van der Waals surface area contributed by atoms with Crippen LogP contribution in [0.4, 0.5) is 0 Å². The molecule has 12 nitrogen and oxygen atoms in total. The van der Waals surface area contributed by atoms with E-state index in [2.05, 4.69) is 5.32 Å². The molecule has 0 bridgehead atoms. The van der Waals surface area contributed by atoms with E-state index in [0.717, 1.165) is 26.8 Å². The van der Waals surface area contributed by atoms with Crippen LogP contribution < -0.4 is 5.32 Å². The van der Waals surface area contributed by atoms with Crippen molar-refractivity contribution in [3.8, 4) is 5.75 Å². The van der Waals surface area contributed by atoms with Crippen molar-refractivity contribution in [1.82, 2.24) is 5.32 Å². The van der Waals surface area contributed by atoms with Crippen molar-refractivity contribution in [2.75, 3.05) is 6.61 Å². The third-order valence-corrected chi connectivity index (χ3v) is 4.38. The molecule has 1 aromatic carbocycles. The second-order valence-corrected chi connectivity index (χ2v) is 7.18. The molecule has 1 heterocycles. The third-order valence-electron chi connectivity index (χ3n) is 4.38. The van der Waals surface area contributed by atoms with Gasteiger partial charge in [-0.15, -0.1) is 0 Å². The minimum Gasteiger partial charge on any atom is -0.508 e. The molecular weight excluding hydrogens is 442 g/mol. The van der Waals surface area contributed by atoms with Crippen molar-refractivity contribution in [2.45, 2.75) is 58.3 Å². The largest absolute Gasteiger partial charge is 0.508 e. The second-order valence-electron chi connectivity index (χ2n) is 7.18. The van der Waals surface area contributed by atoms with Crippen molar-refractivity contribution in [1.29, 1.82) is 0 Å². The Kier molecular flexibility index (Phi) is 8.74. The highest BCUT2D eigenvalue weighted by Gasteiger charge is 2.52. The molecule has 12 heteroatoms. The smallest absolute Gasteiger partial charge is 0.340 e. The fraction of sp³-hybridized carbons (Fsp3) is 0.476. The Morgan fingerprint density at radius 1 is 0.939 bits per heavy atom. The quantitative estimate of drug-likeness (QED) is 0.416. The van der Waals surface area contributed by atoms with Crippen molar-refractivity contribution in [3.63, 3.8) is 0 Å². The van der Waals surface area contributed by atoms with Gasteiger partial charge in [-0.1, -0.05) is 6.07 Å². The van der Waals surface area contributed by atoms with Gasteiger partial charge in [0, 0.05) is 27.7 Å². The number of ether oxygens (including phenoxy) is 5. The maximum atomic E-state index is 12.7. The van der Waals surface area contributed by atoms with Crippen molar-refractivity contribution >= 4 is 29.8 Å². The van der Waals surface area contributed by atoms with Gasteiger partial charge in [0.25, 0.3) is 0 Å². The summed E-state index contributed by atoms with van der Waals surface area (Å²) in [6.07, 6.45) is -5.42. The number of nitrogens with one attached hydrogen (secondary N) is 1. The number of carbonyl (C=O) groups excluding carboxylic acids is 5. The monoisotopic (exact) mass is 467 g/mol. The average Bonchev–Trinajstić information content (AvgIpc) is 2.69. The number of rotatable bonds is 7. The molecule has 0 unspecified atom stereocenters. The Balaban J connectivity index is 2.43. The first-order valence-electron chi connectivity index (χ1n) is 9.88. The van der Waals surface area contributed by atoms with E-state index in [1.54, 1.807) is 0 Å². The van der Waals surface area contributed by atoms with Crippen LogP contribution in [0.2, 0.25) is 0 Å². The van der Waals surface area contributed by atoms with Gasteiger partial charge in [0.2, 0.25) is 12.2 Å². The van der Waals surface area contributed by atoms with Crippen LogP contribution in [-0.4, -0.2) is 72.1 Å². The summed E-state index contributed by atoms with van der Waals surface area (Å²) in [6, 6.07) is 4.01. The van der Waals surface area contributed by atoms with Crippen LogP contribution in [-0.2, 0) is 42.9 Å². The zero-order valence-electron chi connectivity index (χ0n) is 18.4. The highest BCUT2D eigenvalue weighted by molar-refractivity contribution is 5.90. The molecule has 0 spiro atoms. The lowest BCUT2D eigenvalue weighted by molar-refractivity contribution is -0.263. The Hall–Kier alpha value is -3.67. The molecule has 1 amide bonds. The number of aromatic hydroxyl groups is 1. The topological polar surface area (TPSA) is 164 Å². The summed E-state index contributed by atoms with van der Waals surface area (Å²) in [4.78, 5) is 59.3. The first-order valence-corrected chi connectivity index (χ1v) is 9.88. The molecule has 0 aromatic heterocycles. The number of hydrogen-bond acceptors (Lipinski definition) is 11. The minimum absolute atomic E-state index is 0.0251. The van der Waals surface area contributed by atoms with Gasteiger partial charge >= 0.3 is 23.9 Å². The molecule has 0 aliphatic carbocycles. The molecule has 1 aliphatic rings. The fourth-order valence-electron chi connectivity index (χ4n) is 3.20. The van der Waals surface area contributed by atoms with Gasteiger partial charge < -0.3 is 34.1 Å². The van der Waals surface area contributed by atoms with Crippen molar-refractivity contribution in [2.24, 2.45) is 0 Å². The summed E-state index contributed by atoms with van der Waals surface area (Å²) in [5, 5.41) is 12.1. The van der Waals surface area contributed by atoms with E-state index >= 15 is 0 Å². The zero-order valence-corrected chi connectivity index (χ0v) is 18.4. The number of amides is 1. The summed E-state index contributed by atoms with van der Waals surface area (Å²) in [5.41, 5.74) is -0.0251. The third kappa shape index (κ3) is 7.45. The van der Waals surface area contributed by atoms with Crippen molar-refractivity contribution in [3.05, 3.63) is 29.8 Å².